The molecule has 3 N–H and O–H groups in total. The molecular weight excluding hydrogens is 568 g/mol. The Bertz CT molecular complexity index is 1620. The molecule has 2 saturated carbocycles. The molecule has 12 atom stereocenters. The highest BCUT2D eigenvalue weighted by atomic mass is 16.9. The Morgan fingerprint density at radius 2 is 1.68 bits per heavy atom. The van der Waals surface area contributed by atoms with Crippen LogP contribution in [0, 0.1) is 17.8 Å². The van der Waals surface area contributed by atoms with Crippen molar-refractivity contribution in [3.63, 3.8) is 0 Å². The first-order valence-electron chi connectivity index (χ1n) is 14.9. The zero-order valence-corrected chi connectivity index (χ0v) is 24.5. The molecule has 3 heterocycles. The van der Waals surface area contributed by atoms with Crippen molar-refractivity contribution in [3.05, 3.63) is 95.6 Å². The highest BCUT2D eigenvalue weighted by Crippen LogP contribution is 2.74. The van der Waals surface area contributed by atoms with Gasteiger partial charge in [-0.1, -0.05) is 68.1 Å². The fourth-order valence-corrected chi connectivity index (χ4v) is 9.07. The van der Waals surface area contributed by atoms with Crippen molar-refractivity contribution in [1.82, 2.24) is 0 Å². The van der Waals surface area contributed by atoms with Crippen molar-refractivity contribution in [3.8, 4) is 0 Å². The van der Waals surface area contributed by atoms with Crippen LogP contribution in [0.4, 0.5) is 0 Å². The van der Waals surface area contributed by atoms with Crippen LogP contribution in [-0.4, -0.2) is 80.5 Å². The number of carbonyl (C=O) groups excluding carboxylic acids is 2. The summed E-state index contributed by atoms with van der Waals surface area (Å²) in [5.74, 6) is -5.87. The fraction of sp³-hybridized carbons (Fsp3) is 0.471. The van der Waals surface area contributed by atoms with Gasteiger partial charge in [0.15, 0.2) is 17.0 Å². The van der Waals surface area contributed by atoms with Crippen LogP contribution in [0.15, 0.2) is 84.5 Å². The van der Waals surface area contributed by atoms with Gasteiger partial charge < -0.3 is 39.0 Å². The van der Waals surface area contributed by atoms with Crippen LogP contribution in [-0.2, 0) is 34.5 Å². The van der Waals surface area contributed by atoms with E-state index in [0.717, 1.165) is 0 Å². The maximum absolute atomic E-state index is 13.8. The summed E-state index contributed by atoms with van der Waals surface area (Å²) in [6, 6.07) is 17.6. The molecule has 10 heteroatoms. The molecule has 0 aromatic heterocycles. The molecule has 0 amide bonds. The highest BCUT2D eigenvalue weighted by molar-refractivity contribution is 6.05. The summed E-state index contributed by atoms with van der Waals surface area (Å²) in [5, 5.41) is 34.8. The molecule has 3 aliphatic carbocycles. The van der Waals surface area contributed by atoms with Gasteiger partial charge in [0.1, 0.15) is 30.0 Å². The molecular formula is C34H34O10. The van der Waals surface area contributed by atoms with Crippen molar-refractivity contribution in [2.24, 2.45) is 17.8 Å². The Labute approximate surface area is 253 Å². The van der Waals surface area contributed by atoms with Crippen LogP contribution in [0.1, 0.15) is 36.7 Å². The Morgan fingerprint density at radius 1 is 1.02 bits per heavy atom. The first kappa shape index (κ1) is 28.3. The van der Waals surface area contributed by atoms with Crippen molar-refractivity contribution in [2.45, 2.75) is 73.6 Å². The Morgan fingerprint density at radius 3 is 2.32 bits per heavy atom. The zero-order valence-electron chi connectivity index (χ0n) is 24.5. The number of Topliss-reactive ketones (excluding diaryl/α,β-unsaturated/α-hetero) is 1. The highest BCUT2D eigenvalue weighted by Gasteiger charge is 2.90. The number of aliphatic hydroxyl groups excluding tert-OH is 2. The van der Waals surface area contributed by atoms with E-state index in [0.29, 0.717) is 16.7 Å². The molecule has 0 spiro atoms. The van der Waals surface area contributed by atoms with Crippen molar-refractivity contribution >= 4 is 11.8 Å². The van der Waals surface area contributed by atoms with Crippen molar-refractivity contribution < 1.29 is 48.6 Å². The van der Waals surface area contributed by atoms with Crippen LogP contribution in [0.2, 0.25) is 0 Å². The lowest BCUT2D eigenvalue weighted by Crippen LogP contribution is -2.76. The summed E-state index contributed by atoms with van der Waals surface area (Å²) >= 11 is 0. The van der Waals surface area contributed by atoms with Crippen LogP contribution < -0.4 is 0 Å². The minimum Gasteiger partial charge on any atom is -0.455 e. The van der Waals surface area contributed by atoms with E-state index in [4.69, 9.17) is 23.7 Å². The third-order valence-corrected chi connectivity index (χ3v) is 11.1. The summed E-state index contributed by atoms with van der Waals surface area (Å²) in [5.41, 5.74) is -5.56. The fourth-order valence-electron chi connectivity index (χ4n) is 9.07. The molecule has 44 heavy (non-hydrogen) atoms. The molecule has 5 fully saturated rings. The summed E-state index contributed by atoms with van der Waals surface area (Å²) < 4.78 is 33.4. The van der Waals surface area contributed by atoms with Gasteiger partial charge >= 0.3 is 11.9 Å². The molecule has 3 aliphatic heterocycles. The quantitative estimate of drug-likeness (QED) is 0.265. The average molecular weight is 603 g/mol. The van der Waals surface area contributed by atoms with Gasteiger partial charge in [-0.3, -0.25) is 4.79 Å². The monoisotopic (exact) mass is 602 g/mol. The van der Waals surface area contributed by atoms with Crippen LogP contribution in [0.5, 0.6) is 0 Å². The van der Waals surface area contributed by atoms with Crippen molar-refractivity contribution in [1.29, 1.82) is 0 Å². The Hall–Kier alpha value is -3.22. The zero-order chi connectivity index (χ0) is 31.0. The van der Waals surface area contributed by atoms with Gasteiger partial charge in [0.2, 0.25) is 0 Å². The lowest BCUT2D eigenvalue weighted by Gasteiger charge is -2.61. The number of esters is 1. The minimum atomic E-state index is -2.42. The topological polar surface area (TPSA) is 144 Å². The molecule has 3 saturated heterocycles. The first-order chi connectivity index (χ1) is 20.9. The normalized spacial score (nSPS) is 47.6. The second-order valence-corrected chi connectivity index (χ2v) is 13.1. The second-order valence-electron chi connectivity index (χ2n) is 13.1. The standard InChI is InChI=1S/C34H34O10/c1-17(2)32-25(40-28(37)20-11-7-5-8-12-20)19(4)33-22-15-18(3)24(36)31(22,39)29(38)30(16-35)26(41-30)23(33)27(32)42-34(43-32,44-33)21-13-9-6-10-14-21/h5-15,19,22-23,25-27,29,35,38-39H,1,16H2,2-4H3/t19-,22+,23+,25-,26+,27+,29-,30+,31-,32+,33+,34+/m1/s1. The number of hydrogen-bond acceptors (Lipinski definition) is 10. The summed E-state index contributed by atoms with van der Waals surface area (Å²) in [7, 11) is 0. The van der Waals surface area contributed by atoms with Gasteiger partial charge in [-0.2, -0.15) is 0 Å². The number of rotatable bonds is 5. The van der Waals surface area contributed by atoms with Gasteiger partial charge in [0, 0.05) is 23.3 Å². The van der Waals surface area contributed by atoms with E-state index in [1.54, 1.807) is 74.5 Å². The number of epoxide rings is 1. The average Bonchev–Trinajstić information content (AvgIpc) is 3.65. The number of hydrogen-bond donors (Lipinski definition) is 3. The number of benzene rings is 2. The largest absolute Gasteiger partial charge is 0.455 e. The minimum absolute atomic E-state index is 0.232. The predicted molar refractivity (Wildman–Crippen MR) is 152 cm³/mol. The lowest BCUT2D eigenvalue weighted by molar-refractivity contribution is -0.440. The molecule has 10 nitrogen and oxygen atoms in total. The second kappa shape index (κ2) is 8.73. The lowest BCUT2D eigenvalue weighted by atomic mass is 9.53. The summed E-state index contributed by atoms with van der Waals surface area (Å²) in [6.45, 7) is 8.80. The predicted octanol–water partition coefficient (Wildman–Crippen LogP) is 2.17. The van der Waals surface area contributed by atoms with E-state index in [-0.39, 0.29) is 5.57 Å². The van der Waals surface area contributed by atoms with Crippen LogP contribution >= 0.6 is 0 Å². The molecule has 2 aromatic carbocycles. The van der Waals surface area contributed by atoms with E-state index in [9.17, 15) is 24.9 Å². The number of fused-ring (bicyclic) bond motifs is 3. The van der Waals surface area contributed by atoms with Gasteiger partial charge in [0.05, 0.1) is 17.8 Å². The van der Waals surface area contributed by atoms with Gasteiger partial charge in [-0.15, -0.1) is 0 Å². The SMILES string of the molecule is C=C(C)[C@@]12O[C@]3(c4ccccc4)O[C@H]1[C@@H]1[C@@H]4O[C@]4(CO)[C@@H](O)[C@]4(O)C(=O)C(C)=C[C@@H]4[C@@]1(O3)[C@H](C)[C@H]2OC(=O)c1ccccc1. The maximum Gasteiger partial charge on any atom is 0.338 e. The van der Waals surface area contributed by atoms with Crippen LogP contribution in [0.3, 0.4) is 0 Å². The number of ether oxygens (including phenoxy) is 5. The van der Waals surface area contributed by atoms with Gasteiger partial charge in [0.25, 0.3) is 0 Å². The number of carbonyl (C=O) groups is 2. The molecule has 0 unspecified atom stereocenters. The van der Waals surface area contributed by atoms with E-state index in [1.165, 1.54) is 0 Å². The summed E-state index contributed by atoms with van der Waals surface area (Å²) in [4.78, 5) is 27.5. The van der Waals surface area contributed by atoms with E-state index in [1.807, 2.05) is 13.0 Å². The van der Waals surface area contributed by atoms with Gasteiger partial charge in [-0.25, -0.2) is 4.79 Å². The van der Waals surface area contributed by atoms with E-state index < -0.39 is 88.9 Å². The molecule has 8 rings (SSSR count). The molecule has 0 radical (unpaired) electrons. The molecule has 230 valence electrons. The summed E-state index contributed by atoms with van der Waals surface area (Å²) in [6.07, 6.45) is -3.09. The first-order valence-corrected chi connectivity index (χ1v) is 14.9. The van der Waals surface area contributed by atoms with Gasteiger partial charge in [-0.05, 0) is 37.1 Å². The van der Waals surface area contributed by atoms with E-state index in [2.05, 4.69) is 6.58 Å². The third-order valence-electron chi connectivity index (χ3n) is 11.1. The third kappa shape index (κ3) is 3.00. The van der Waals surface area contributed by atoms with Crippen LogP contribution in [0.25, 0.3) is 0 Å². The maximum atomic E-state index is 13.8. The van der Waals surface area contributed by atoms with Crippen molar-refractivity contribution in [2.75, 3.05) is 6.61 Å². The van der Waals surface area contributed by atoms with E-state index >= 15 is 0 Å². The Balaban J connectivity index is 1.41. The molecule has 3 bridgehead atoms. The molecule has 2 aromatic rings. The smallest absolute Gasteiger partial charge is 0.338 e. The number of aliphatic hydroxyl groups is 3. The number of ketones is 1. The molecule has 6 aliphatic rings. The Kier molecular flexibility index (Phi) is 5.61.